The van der Waals surface area contributed by atoms with E-state index < -0.39 is 11.3 Å². The van der Waals surface area contributed by atoms with Crippen molar-refractivity contribution in [3.63, 3.8) is 0 Å². The van der Waals surface area contributed by atoms with Crippen LogP contribution in [-0.4, -0.2) is 34.1 Å². The van der Waals surface area contributed by atoms with Crippen LogP contribution < -0.4 is 30.8 Å². The Balaban J connectivity index is 0.000000249. The van der Waals surface area contributed by atoms with E-state index in [0.717, 1.165) is 0 Å². The number of aromatic nitrogens is 2. The minimum atomic E-state index is -4.74. The molecule has 3 aromatic rings. The molecule has 0 saturated heterocycles. The third kappa shape index (κ3) is 6.79. The highest BCUT2D eigenvalue weighted by molar-refractivity contribution is 5.68. The Morgan fingerprint density at radius 1 is 1.28 bits per heavy atom. The summed E-state index contributed by atoms with van der Waals surface area (Å²) in [6, 6.07) is 12.6. The first-order valence-corrected chi connectivity index (χ1v) is 10.4. The zero-order chi connectivity index (χ0) is 26.5. The number of hydrogen-bond donors (Lipinski definition) is 2. The van der Waals surface area contributed by atoms with Crippen molar-refractivity contribution in [3.8, 4) is 17.5 Å². The maximum atomic E-state index is 12.1. The molecule has 1 aliphatic rings. The Morgan fingerprint density at radius 3 is 2.53 bits per heavy atom. The molecule has 2 aromatic carbocycles. The van der Waals surface area contributed by atoms with E-state index in [4.69, 9.17) is 21.1 Å². The van der Waals surface area contributed by atoms with E-state index >= 15 is 0 Å². The van der Waals surface area contributed by atoms with Crippen LogP contribution in [0.5, 0.6) is 17.5 Å². The van der Waals surface area contributed by atoms with Gasteiger partial charge in [-0.05, 0) is 53.8 Å². The van der Waals surface area contributed by atoms with Crippen molar-refractivity contribution in [3.05, 3.63) is 76.6 Å². The maximum Gasteiger partial charge on any atom is 0.573 e. The van der Waals surface area contributed by atoms with Gasteiger partial charge in [0.25, 0.3) is 0 Å². The molecule has 1 aromatic heterocycles. The van der Waals surface area contributed by atoms with Crippen LogP contribution in [0.15, 0.2) is 60.9 Å². The van der Waals surface area contributed by atoms with E-state index in [1.54, 1.807) is 28.8 Å². The highest BCUT2D eigenvalue weighted by Gasteiger charge is 2.31. The highest BCUT2D eigenvalue weighted by atomic mass is 19.4. The average molecular weight is 508 g/mol. The van der Waals surface area contributed by atoms with Crippen molar-refractivity contribution in [2.24, 2.45) is 11.6 Å². The molecule has 0 bridgehead atoms. The molecule has 2 heterocycles. The summed E-state index contributed by atoms with van der Waals surface area (Å²) in [6.45, 7) is 2.52. The van der Waals surface area contributed by atoms with Gasteiger partial charge in [0.1, 0.15) is 23.8 Å². The van der Waals surface area contributed by atoms with Crippen LogP contribution in [0, 0.1) is 10.1 Å². The molecule has 0 radical (unpaired) electrons. The molecule has 14 heteroatoms. The summed E-state index contributed by atoms with van der Waals surface area (Å²) >= 11 is 0. The first kappa shape index (κ1) is 26.2. The molecule has 36 heavy (non-hydrogen) atoms. The normalized spacial score (nSPS) is 14.7. The lowest BCUT2D eigenvalue weighted by atomic mass is 10.1. The smallest absolute Gasteiger partial charge is 0.495 e. The summed E-state index contributed by atoms with van der Waals surface area (Å²) < 4.78 is 52.2. The second kappa shape index (κ2) is 10.9. The van der Waals surface area contributed by atoms with Gasteiger partial charge < -0.3 is 30.1 Å². The van der Waals surface area contributed by atoms with Gasteiger partial charge in [-0.15, -0.1) is 13.2 Å². The quantitative estimate of drug-likeness (QED) is 0.289. The Labute approximate surface area is 203 Å². The van der Waals surface area contributed by atoms with Gasteiger partial charge in [-0.2, -0.15) is 0 Å². The zero-order valence-electron chi connectivity index (χ0n) is 19.2. The van der Waals surface area contributed by atoms with E-state index in [9.17, 15) is 23.3 Å². The van der Waals surface area contributed by atoms with Crippen LogP contribution in [0.3, 0.4) is 0 Å². The number of anilines is 1. The molecule has 4 N–H and O–H groups in total. The molecule has 4 rings (SSSR count). The van der Waals surface area contributed by atoms with Crippen molar-refractivity contribution in [2.45, 2.75) is 25.9 Å². The standard InChI is InChI=1S/C16H16F3N3O2.C6H7N3O3/c1-23-15-5-3-2-4-14(15)22(21)10-13(20)11-6-8-12(9-7-11)24-16(17,18)19;1-4-2-8-3-5(9(10)11)7-6(8)12-4/h2-10H,20-21H2,1H3;3-4H,2H2,1H3/b13-10-;. The maximum absolute atomic E-state index is 12.1. The summed E-state index contributed by atoms with van der Waals surface area (Å²) in [5.41, 5.74) is 7.28. The molecule has 11 nitrogen and oxygen atoms in total. The number of rotatable bonds is 6. The largest absolute Gasteiger partial charge is 0.573 e. The number of benzene rings is 2. The molecule has 0 fully saturated rings. The predicted molar refractivity (Wildman–Crippen MR) is 124 cm³/mol. The zero-order valence-corrected chi connectivity index (χ0v) is 19.2. The number of imidazole rings is 1. The Hall–Kier alpha value is -4.46. The van der Waals surface area contributed by atoms with E-state index in [1.165, 1.54) is 48.8 Å². The van der Waals surface area contributed by atoms with Crippen LogP contribution in [0.25, 0.3) is 5.70 Å². The minimum Gasteiger partial charge on any atom is -0.495 e. The topological polar surface area (TPSA) is 144 Å². The number of hydrogen-bond acceptors (Lipinski definition) is 9. The summed E-state index contributed by atoms with van der Waals surface area (Å²) in [4.78, 5) is 13.4. The average Bonchev–Trinajstić information content (AvgIpc) is 3.36. The molecular formula is C22H23F3N6O5. The van der Waals surface area contributed by atoms with Crippen LogP contribution >= 0.6 is 0 Å². The van der Waals surface area contributed by atoms with Crippen molar-refractivity contribution < 1.29 is 32.3 Å². The Morgan fingerprint density at radius 2 is 1.94 bits per heavy atom. The molecule has 0 aliphatic carbocycles. The van der Waals surface area contributed by atoms with E-state index in [1.807, 2.05) is 6.92 Å². The molecular weight excluding hydrogens is 485 g/mol. The van der Waals surface area contributed by atoms with Gasteiger partial charge in [-0.3, -0.25) is 9.58 Å². The molecule has 1 aliphatic heterocycles. The molecule has 0 amide bonds. The van der Waals surface area contributed by atoms with Crippen LogP contribution in [0.1, 0.15) is 12.5 Å². The number of nitrogens with zero attached hydrogens (tertiary/aromatic N) is 4. The number of nitro groups is 1. The SMILES string of the molecule is CC1Cn2cc([N+](=O)[O-])nc2O1.COc1ccccc1N(N)/C=C(\N)c1ccc(OC(F)(F)F)cc1. The summed E-state index contributed by atoms with van der Waals surface area (Å²) in [6.07, 6.45) is -1.84. The summed E-state index contributed by atoms with van der Waals surface area (Å²) in [7, 11) is 1.51. The number of alkyl halides is 3. The molecule has 0 spiro atoms. The van der Waals surface area contributed by atoms with Crippen LogP contribution in [0.4, 0.5) is 24.7 Å². The minimum absolute atomic E-state index is 0.0632. The molecule has 0 saturated carbocycles. The number of para-hydroxylation sites is 2. The third-order valence-electron chi connectivity index (χ3n) is 4.74. The van der Waals surface area contributed by atoms with Crippen LogP contribution in [0.2, 0.25) is 0 Å². The number of fused-ring (bicyclic) bond motifs is 1. The summed E-state index contributed by atoms with van der Waals surface area (Å²) in [5.74, 6) is 6.02. The second-order valence-electron chi connectivity index (χ2n) is 7.46. The van der Waals surface area contributed by atoms with Gasteiger partial charge in [-0.25, -0.2) is 5.84 Å². The first-order chi connectivity index (χ1) is 17.0. The van der Waals surface area contributed by atoms with E-state index in [0.29, 0.717) is 29.6 Å². The Bertz CT molecular complexity index is 1210. The number of methoxy groups -OCH3 is 1. The molecule has 192 valence electrons. The van der Waals surface area contributed by atoms with Gasteiger partial charge in [0, 0.05) is 11.2 Å². The third-order valence-corrected chi connectivity index (χ3v) is 4.74. The lowest BCUT2D eigenvalue weighted by molar-refractivity contribution is -0.389. The number of halogens is 3. The molecule has 1 atom stereocenters. The van der Waals surface area contributed by atoms with Gasteiger partial charge in [0.05, 0.1) is 25.0 Å². The monoisotopic (exact) mass is 508 g/mol. The van der Waals surface area contributed by atoms with Gasteiger partial charge in [0.2, 0.25) is 0 Å². The van der Waals surface area contributed by atoms with E-state index in [-0.39, 0.29) is 23.4 Å². The number of nitrogens with two attached hydrogens (primary N) is 2. The summed E-state index contributed by atoms with van der Waals surface area (Å²) in [5, 5.41) is 11.5. The lowest BCUT2D eigenvalue weighted by Gasteiger charge is -2.18. The van der Waals surface area contributed by atoms with Crippen LogP contribution in [-0.2, 0) is 6.54 Å². The molecule has 1 unspecified atom stereocenters. The van der Waals surface area contributed by atoms with Gasteiger partial charge in [0.15, 0.2) is 0 Å². The van der Waals surface area contributed by atoms with Crippen molar-refractivity contribution in [1.82, 2.24) is 9.55 Å². The fourth-order valence-corrected chi connectivity index (χ4v) is 3.18. The van der Waals surface area contributed by atoms with E-state index in [2.05, 4.69) is 9.72 Å². The van der Waals surface area contributed by atoms with Gasteiger partial charge >= 0.3 is 18.2 Å². The Kier molecular flexibility index (Phi) is 7.89. The number of hydrazine groups is 1. The fourth-order valence-electron chi connectivity index (χ4n) is 3.18. The first-order valence-electron chi connectivity index (χ1n) is 10.4. The lowest BCUT2D eigenvalue weighted by Crippen LogP contribution is -2.26. The van der Waals surface area contributed by atoms with Crippen molar-refractivity contribution >= 4 is 17.2 Å². The number of ether oxygens (including phenoxy) is 3. The highest BCUT2D eigenvalue weighted by Crippen LogP contribution is 2.28. The van der Waals surface area contributed by atoms with Crippen molar-refractivity contribution in [2.75, 3.05) is 12.1 Å². The fraction of sp³-hybridized carbons (Fsp3) is 0.227. The predicted octanol–water partition coefficient (Wildman–Crippen LogP) is 3.80. The van der Waals surface area contributed by atoms with Gasteiger partial charge in [-0.1, -0.05) is 12.1 Å². The second-order valence-corrected chi connectivity index (χ2v) is 7.46. The van der Waals surface area contributed by atoms with Crippen molar-refractivity contribution in [1.29, 1.82) is 0 Å².